The number of rotatable bonds is 46. The average molecular weight is 740 g/mol. The summed E-state index contributed by atoms with van der Waals surface area (Å²) in [7, 11) is 0. The van der Waals surface area contributed by atoms with E-state index >= 15 is 0 Å². The van der Waals surface area contributed by atoms with Crippen molar-refractivity contribution in [3.05, 3.63) is 0 Å². The normalized spacial score (nSPS) is 12.1. The predicted molar refractivity (Wildman–Crippen MR) is 231 cm³/mol. The van der Waals surface area contributed by atoms with E-state index in [9.17, 15) is 9.90 Å². The Labute approximate surface area is 347 Å². The molecule has 0 aromatic rings. The molecule has 0 radical (unpaired) electrons. The fourth-order valence-corrected chi connectivity index (χ4v) is 8.29. The van der Waals surface area contributed by atoms with Gasteiger partial charge in [0.25, 0.3) is 0 Å². The summed E-state index contributed by atoms with van der Waals surface area (Å²) in [6.45, 7) is 8.55. The molecule has 0 N–H and O–H groups in total. The number of nitrogens with zero attached hydrogens (tertiary/aromatic N) is 1. The number of aliphatic carboxylic acids is 1. The maximum absolute atomic E-state index is 12.0. The summed E-state index contributed by atoms with van der Waals surface area (Å²) in [5.41, 5.74) is 0. The fourth-order valence-electron chi connectivity index (χ4n) is 8.29. The van der Waals surface area contributed by atoms with E-state index in [0.29, 0.717) is 0 Å². The van der Waals surface area contributed by atoms with Gasteiger partial charge in [-0.3, -0.25) is 4.90 Å². The summed E-state index contributed by atoms with van der Waals surface area (Å²) in [5, 5.41) is 12.0. The van der Waals surface area contributed by atoms with Crippen LogP contribution >= 0.6 is 0 Å². The van der Waals surface area contributed by atoms with Gasteiger partial charge in [0, 0.05) is 6.04 Å². The van der Waals surface area contributed by atoms with Crippen LogP contribution in [0, 0.1) is 0 Å². The van der Waals surface area contributed by atoms with E-state index in [1.54, 1.807) is 0 Å². The SMILES string of the molecule is CCCCCCCCCCCCCCCCCCCCCCN(CCCCCCCCCCCCCCCCCCCCCC)C(CCC)C(=O)[O-].[Li+]. The third-order valence-corrected chi connectivity index (χ3v) is 11.9. The van der Waals surface area contributed by atoms with Crippen molar-refractivity contribution in [3.8, 4) is 0 Å². The second-order valence-corrected chi connectivity index (χ2v) is 17.1. The molecule has 0 aliphatic heterocycles. The molecule has 0 rings (SSSR count). The van der Waals surface area contributed by atoms with E-state index < -0.39 is 12.0 Å². The quantitative estimate of drug-likeness (QED) is 0.0461. The van der Waals surface area contributed by atoms with Gasteiger partial charge in [0.1, 0.15) is 0 Å². The molecule has 312 valence electrons. The van der Waals surface area contributed by atoms with Crippen molar-refractivity contribution < 1.29 is 28.8 Å². The first-order valence-electron chi connectivity index (χ1n) is 24.6. The zero-order chi connectivity index (χ0) is 37.8. The molecule has 53 heavy (non-hydrogen) atoms. The summed E-state index contributed by atoms with van der Waals surface area (Å²) >= 11 is 0. The first-order valence-corrected chi connectivity index (χ1v) is 24.6. The third kappa shape index (κ3) is 43.0. The Morgan fingerprint density at radius 3 is 0.698 bits per heavy atom. The van der Waals surface area contributed by atoms with E-state index in [-0.39, 0.29) is 18.9 Å². The molecule has 0 aliphatic rings. The van der Waals surface area contributed by atoms with Crippen LogP contribution in [0.3, 0.4) is 0 Å². The van der Waals surface area contributed by atoms with Crippen LogP contribution in [0.5, 0.6) is 0 Å². The van der Waals surface area contributed by atoms with E-state index in [4.69, 9.17) is 0 Å². The summed E-state index contributed by atoms with van der Waals surface area (Å²) in [5.74, 6) is -0.858. The Morgan fingerprint density at radius 2 is 0.528 bits per heavy atom. The Morgan fingerprint density at radius 1 is 0.340 bits per heavy atom. The van der Waals surface area contributed by atoms with Crippen LogP contribution in [0.1, 0.15) is 290 Å². The van der Waals surface area contributed by atoms with Gasteiger partial charge in [0.05, 0.1) is 5.97 Å². The standard InChI is InChI=1S/C49H99NO2.Li/c1-4-7-9-11-13-15-17-19-21-23-25-27-29-31-33-35-37-39-41-43-46-50(48(45-6-3)49(51)52)47-44-42-40-38-36-34-32-30-28-26-24-22-20-18-16-14-12-10-8-5-2;/h48H,4-47H2,1-3H3,(H,51,52);/q;+1/p-1. The summed E-state index contributed by atoms with van der Waals surface area (Å²) in [6.07, 6.45) is 57.4. The number of hydrogen-bond donors (Lipinski definition) is 0. The zero-order valence-electron chi connectivity index (χ0n) is 37.5. The molecule has 0 aliphatic carbocycles. The molecule has 0 saturated carbocycles. The Kier molecular flexibility index (Phi) is 50.1. The zero-order valence-corrected chi connectivity index (χ0v) is 37.5. The van der Waals surface area contributed by atoms with Gasteiger partial charge in [0.2, 0.25) is 0 Å². The molecule has 0 aromatic carbocycles. The van der Waals surface area contributed by atoms with Crippen molar-refractivity contribution in [1.29, 1.82) is 0 Å². The predicted octanol–water partition coefficient (Wildman–Crippen LogP) is 12.9. The summed E-state index contributed by atoms with van der Waals surface area (Å²) in [6, 6.07) is -0.398. The molecule has 0 saturated heterocycles. The van der Waals surface area contributed by atoms with Crippen molar-refractivity contribution in [2.75, 3.05) is 13.1 Å². The van der Waals surface area contributed by atoms with Crippen molar-refractivity contribution in [3.63, 3.8) is 0 Å². The van der Waals surface area contributed by atoms with Gasteiger partial charge in [-0.1, -0.05) is 271 Å². The minimum Gasteiger partial charge on any atom is -0.548 e. The van der Waals surface area contributed by atoms with Crippen molar-refractivity contribution >= 4 is 5.97 Å². The monoisotopic (exact) mass is 740 g/mol. The number of carboxylic acids is 1. The molecule has 0 spiro atoms. The minimum absolute atomic E-state index is 0. The first-order chi connectivity index (χ1) is 25.7. The average Bonchev–Trinajstić information content (AvgIpc) is 3.14. The van der Waals surface area contributed by atoms with Crippen molar-refractivity contribution in [1.82, 2.24) is 4.90 Å². The summed E-state index contributed by atoms with van der Waals surface area (Å²) in [4.78, 5) is 14.3. The second-order valence-electron chi connectivity index (χ2n) is 17.1. The molecule has 0 bridgehead atoms. The van der Waals surface area contributed by atoms with Crippen LogP contribution in [-0.2, 0) is 4.79 Å². The minimum atomic E-state index is -0.858. The molecule has 0 fully saturated rings. The Bertz CT molecular complexity index is 629. The van der Waals surface area contributed by atoms with Gasteiger partial charge < -0.3 is 9.90 Å². The summed E-state index contributed by atoms with van der Waals surface area (Å²) < 4.78 is 0. The number of hydrogen-bond acceptors (Lipinski definition) is 3. The molecule has 1 unspecified atom stereocenters. The molecule has 1 atom stereocenters. The Hall–Kier alpha value is 0.0274. The molecule has 4 heteroatoms. The van der Waals surface area contributed by atoms with Crippen LogP contribution < -0.4 is 24.0 Å². The maximum atomic E-state index is 12.0. The van der Waals surface area contributed by atoms with Crippen LogP contribution in [-0.4, -0.2) is 30.0 Å². The molecule has 0 amide bonds. The molecular weight excluding hydrogens is 641 g/mol. The third-order valence-electron chi connectivity index (χ3n) is 11.9. The molecule has 0 heterocycles. The largest absolute Gasteiger partial charge is 1.00 e. The fraction of sp³-hybridized carbons (Fsp3) is 0.980. The van der Waals surface area contributed by atoms with E-state index in [1.807, 2.05) is 0 Å². The van der Waals surface area contributed by atoms with E-state index in [0.717, 1.165) is 38.8 Å². The molecular formula is C49H98LiNO2. The molecule has 3 nitrogen and oxygen atoms in total. The number of unbranched alkanes of at least 4 members (excludes halogenated alkanes) is 38. The van der Waals surface area contributed by atoms with Gasteiger partial charge in [-0.05, 0) is 32.4 Å². The van der Waals surface area contributed by atoms with Crippen molar-refractivity contribution in [2.45, 2.75) is 296 Å². The van der Waals surface area contributed by atoms with Gasteiger partial charge in [0.15, 0.2) is 0 Å². The van der Waals surface area contributed by atoms with Gasteiger partial charge in [-0.2, -0.15) is 0 Å². The van der Waals surface area contributed by atoms with Gasteiger partial charge >= 0.3 is 18.9 Å². The van der Waals surface area contributed by atoms with Crippen LogP contribution in [0.15, 0.2) is 0 Å². The Balaban J connectivity index is 0. The van der Waals surface area contributed by atoms with E-state index in [1.165, 1.54) is 244 Å². The van der Waals surface area contributed by atoms with Crippen LogP contribution in [0.2, 0.25) is 0 Å². The van der Waals surface area contributed by atoms with Gasteiger partial charge in [-0.15, -0.1) is 0 Å². The van der Waals surface area contributed by atoms with Gasteiger partial charge in [-0.25, -0.2) is 0 Å². The van der Waals surface area contributed by atoms with Crippen molar-refractivity contribution in [2.24, 2.45) is 0 Å². The van der Waals surface area contributed by atoms with Crippen LogP contribution in [0.4, 0.5) is 0 Å². The number of carbonyl (C=O) groups is 1. The van der Waals surface area contributed by atoms with Crippen LogP contribution in [0.25, 0.3) is 0 Å². The molecule has 0 aromatic heterocycles. The first kappa shape index (κ1) is 55.1. The number of carboxylic acid groups (broad SMARTS) is 1. The topological polar surface area (TPSA) is 43.4 Å². The number of carbonyl (C=O) groups excluding carboxylic acids is 1. The smallest absolute Gasteiger partial charge is 0.548 e. The second kappa shape index (κ2) is 48.2. The van der Waals surface area contributed by atoms with E-state index in [2.05, 4.69) is 25.7 Å². The maximum Gasteiger partial charge on any atom is 1.00 e.